The molecular weight excluding hydrogens is 566 g/mol. The molecule has 1 fully saturated rings. The molecule has 3 aliphatic rings. The van der Waals surface area contributed by atoms with Crippen molar-refractivity contribution in [3.05, 3.63) is 70.8 Å². The van der Waals surface area contributed by atoms with Gasteiger partial charge in [-0.3, -0.25) is 0 Å². The van der Waals surface area contributed by atoms with Crippen molar-refractivity contribution < 1.29 is 23.4 Å². The Labute approximate surface area is 257 Å². The van der Waals surface area contributed by atoms with Crippen LogP contribution in [0.25, 0.3) is 0 Å². The molecule has 0 amide bonds. The summed E-state index contributed by atoms with van der Waals surface area (Å²) in [5.41, 5.74) is 3.85. The standard InChI is InChI=1S/C34H46ClNO5Si/c1-8-29(41-42(6,7)33(2,3)4)31-25(15-17-39-31)20-36-21-34(16-9-10-23-18-26(35)12-13-27(23)34)22-40-30-14-11-24(19-28(30)36)32(37)38-5/h8,11-14,18-19,25,29,31H,1,9-10,15-17,20-22H2,2-7H3/t25-,29?,31+,34-/m0/s1. The van der Waals surface area contributed by atoms with Crippen LogP contribution in [0.3, 0.4) is 0 Å². The van der Waals surface area contributed by atoms with Crippen LogP contribution in [0.5, 0.6) is 5.75 Å². The van der Waals surface area contributed by atoms with Gasteiger partial charge < -0.3 is 23.5 Å². The van der Waals surface area contributed by atoms with Gasteiger partial charge in [-0.1, -0.05) is 44.5 Å². The van der Waals surface area contributed by atoms with Crippen LogP contribution < -0.4 is 9.64 Å². The third-order valence-corrected chi connectivity index (χ3v) is 14.7. The van der Waals surface area contributed by atoms with E-state index in [0.717, 1.165) is 55.2 Å². The summed E-state index contributed by atoms with van der Waals surface area (Å²) in [5, 5.41) is 0.850. The number of esters is 1. The van der Waals surface area contributed by atoms with Gasteiger partial charge in [-0.05, 0) is 85.3 Å². The number of hydrogen-bond acceptors (Lipinski definition) is 6. The first-order valence-electron chi connectivity index (χ1n) is 15.2. The summed E-state index contributed by atoms with van der Waals surface area (Å²) >= 11 is 6.43. The molecule has 0 aromatic heterocycles. The molecule has 0 bridgehead atoms. The number of carbonyl (C=O) groups is 1. The Morgan fingerprint density at radius 1 is 1.26 bits per heavy atom. The smallest absolute Gasteiger partial charge is 0.337 e. The highest BCUT2D eigenvalue weighted by molar-refractivity contribution is 6.74. The summed E-state index contributed by atoms with van der Waals surface area (Å²) in [6.07, 6.45) is 5.68. The van der Waals surface area contributed by atoms with Crippen LogP contribution in [0, 0.1) is 5.92 Å². The van der Waals surface area contributed by atoms with Crippen LogP contribution in [0.15, 0.2) is 49.1 Å². The van der Waals surface area contributed by atoms with E-state index in [4.69, 9.17) is 30.2 Å². The molecule has 1 spiro atoms. The number of rotatable bonds is 7. The highest BCUT2D eigenvalue weighted by atomic mass is 35.5. The first-order valence-corrected chi connectivity index (χ1v) is 18.5. The molecule has 1 saturated heterocycles. The summed E-state index contributed by atoms with van der Waals surface area (Å²) in [6.45, 7) is 18.3. The van der Waals surface area contributed by atoms with Crippen LogP contribution in [0.2, 0.25) is 23.2 Å². The molecular formula is C34H46ClNO5Si. The van der Waals surface area contributed by atoms with Gasteiger partial charge >= 0.3 is 5.97 Å². The molecule has 1 aliphatic carbocycles. The lowest BCUT2D eigenvalue weighted by Crippen LogP contribution is -2.50. The van der Waals surface area contributed by atoms with Crippen LogP contribution in [-0.4, -0.2) is 59.9 Å². The van der Waals surface area contributed by atoms with Crippen LogP contribution in [0.1, 0.15) is 61.5 Å². The quantitative estimate of drug-likeness (QED) is 0.183. The van der Waals surface area contributed by atoms with Crippen LogP contribution >= 0.6 is 11.6 Å². The van der Waals surface area contributed by atoms with Gasteiger partial charge in [-0.25, -0.2) is 4.79 Å². The summed E-state index contributed by atoms with van der Waals surface area (Å²) in [7, 11) is -0.635. The molecule has 0 N–H and O–H groups in total. The highest BCUT2D eigenvalue weighted by Gasteiger charge is 2.46. The molecule has 1 unspecified atom stereocenters. The lowest BCUT2D eigenvalue weighted by molar-refractivity contribution is 0.0109. The second-order valence-corrected chi connectivity index (χ2v) is 18.9. The maximum atomic E-state index is 12.6. The zero-order valence-corrected chi connectivity index (χ0v) is 27.8. The molecule has 42 heavy (non-hydrogen) atoms. The van der Waals surface area contributed by atoms with Gasteiger partial charge in [-0.15, -0.1) is 6.58 Å². The van der Waals surface area contributed by atoms with Gasteiger partial charge in [0.15, 0.2) is 8.32 Å². The molecule has 2 heterocycles. The van der Waals surface area contributed by atoms with E-state index in [0.29, 0.717) is 18.8 Å². The second kappa shape index (κ2) is 12.0. The first kappa shape index (κ1) is 31.1. The fourth-order valence-electron chi connectivity index (χ4n) is 6.62. The molecule has 6 nitrogen and oxygen atoms in total. The van der Waals surface area contributed by atoms with Gasteiger partial charge in [0.1, 0.15) is 5.75 Å². The molecule has 2 aromatic rings. The third-order valence-electron chi connectivity index (χ3n) is 9.97. The Bertz CT molecular complexity index is 1320. The Hall–Kier alpha value is -2.32. The molecule has 5 rings (SSSR count). The van der Waals surface area contributed by atoms with Crippen molar-refractivity contribution in [3.8, 4) is 5.75 Å². The van der Waals surface area contributed by atoms with E-state index >= 15 is 0 Å². The average molecular weight is 612 g/mol. The Morgan fingerprint density at radius 3 is 2.76 bits per heavy atom. The lowest BCUT2D eigenvalue weighted by Gasteiger charge is -2.43. The van der Waals surface area contributed by atoms with Crippen molar-refractivity contribution in [1.82, 2.24) is 0 Å². The number of ether oxygens (including phenoxy) is 3. The van der Waals surface area contributed by atoms with Crippen molar-refractivity contribution in [2.75, 3.05) is 38.3 Å². The number of fused-ring (bicyclic) bond motifs is 3. The minimum Gasteiger partial charge on any atom is -0.490 e. The van der Waals surface area contributed by atoms with Crippen molar-refractivity contribution in [2.24, 2.45) is 5.92 Å². The number of halogens is 1. The summed E-state index contributed by atoms with van der Waals surface area (Å²) < 4.78 is 24.9. The van der Waals surface area contributed by atoms with Crippen LogP contribution in [0.4, 0.5) is 5.69 Å². The van der Waals surface area contributed by atoms with Gasteiger partial charge in [0, 0.05) is 36.1 Å². The van der Waals surface area contributed by atoms with Gasteiger partial charge in [0.2, 0.25) is 0 Å². The fraction of sp³-hybridized carbons (Fsp3) is 0.559. The Kier molecular flexibility index (Phi) is 8.88. The SMILES string of the molecule is C=CC(O[Si](C)(C)C(C)(C)C)[C@@H]1OCC[C@H]1CN1C[C@@]2(CCCc3cc(Cl)ccc32)COc2ccc(C(=O)OC)cc21. The minimum atomic E-state index is -2.05. The number of methoxy groups -OCH3 is 1. The van der Waals surface area contributed by atoms with E-state index in [1.54, 1.807) is 6.07 Å². The van der Waals surface area contributed by atoms with Crippen molar-refractivity contribution in [1.29, 1.82) is 0 Å². The maximum absolute atomic E-state index is 12.6. The zero-order chi connectivity index (χ0) is 30.3. The van der Waals surface area contributed by atoms with Gasteiger partial charge in [0.05, 0.1) is 37.2 Å². The summed E-state index contributed by atoms with van der Waals surface area (Å²) in [6, 6.07) is 11.9. The number of benzene rings is 2. The van der Waals surface area contributed by atoms with Crippen LogP contribution in [-0.2, 0) is 25.7 Å². The molecule has 0 radical (unpaired) electrons. The van der Waals surface area contributed by atoms with E-state index in [9.17, 15) is 4.79 Å². The summed E-state index contributed by atoms with van der Waals surface area (Å²) in [5.74, 6) is 0.649. The predicted molar refractivity (Wildman–Crippen MR) is 172 cm³/mol. The first-order chi connectivity index (χ1) is 19.9. The minimum absolute atomic E-state index is 0.0807. The fourth-order valence-corrected chi connectivity index (χ4v) is 8.08. The Balaban J connectivity index is 1.51. The molecule has 8 heteroatoms. The van der Waals surface area contributed by atoms with Crippen molar-refractivity contribution in [2.45, 2.75) is 82.2 Å². The van der Waals surface area contributed by atoms with E-state index in [-0.39, 0.29) is 34.5 Å². The predicted octanol–water partition coefficient (Wildman–Crippen LogP) is 7.58. The molecule has 4 atom stereocenters. The zero-order valence-electron chi connectivity index (χ0n) is 26.0. The monoisotopic (exact) mass is 611 g/mol. The topological polar surface area (TPSA) is 57.2 Å². The second-order valence-electron chi connectivity index (χ2n) is 13.7. The molecule has 0 saturated carbocycles. The third kappa shape index (κ3) is 6.03. The van der Waals surface area contributed by atoms with Gasteiger partial charge in [-0.2, -0.15) is 0 Å². The maximum Gasteiger partial charge on any atom is 0.337 e. The number of carbonyl (C=O) groups excluding carboxylic acids is 1. The molecule has 228 valence electrons. The van der Waals surface area contributed by atoms with Crippen molar-refractivity contribution in [3.63, 3.8) is 0 Å². The number of aryl methyl sites for hydroxylation is 1. The Morgan fingerprint density at radius 2 is 2.05 bits per heavy atom. The summed E-state index contributed by atoms with van der Waals surface area (Å²) in [4.78, 5) is 15.0. The highest BCUT2D eigenvalue weighted by Crippen LogP contribution is 2.46. The van der Waals surface area contributed by atoms with E-state index < -0.39 is 8.32 Å². The number of hydrogen-bond donors (Lipinski definition) is 0. The van der Waals surface area contributed by atoms with E-state index in [1.807, 2.05) is 24.3 Å². The average Bonchev–Trinajstić information content (AvgIpc) is 3.35. The van der Waals surface area contributed by atoms with E-state index in [1.165, 1.54) is 18.2 Å². The largest absolute Gasteiger partial charge is 0.490 e. The van der Waals surface area contributed by atoms with E-state index in [2.05, 4.69) is 57.5 Å². The molecule has 2 aromatic carbocycles. The number of nitrogens with zero attached hydrogens (tertiary/aromatic N) is 1. The van der Waals surface area contributed by atoms with Gasteiger partial charge in [0.25, 0.3) is 0 Å². The lowest BCUT2D eigenvalue weighted by atomic mass is 9.70. The van der Waals surface area contributed by atoms with Crippen molar-refractivity contribution >= 4 is 31.6 Å². The number of anilines is 1. The molecule has 2 aliphatic heterocycles. The normalized spacial score (nSPS) is 24.8.